The molecule has 0 unspecified atom stereocenters. The van der Waals surface area contributed by atoms with Crippen LogP contribution >= 0.6 is 11.6 Å². The van der Waals surface area contributed by atoms with E-state index in [0.29, 0.717) is 17.9 Å². The molecule has 0 spiro atoms. The van der Waals surface area contributed by atoms with Gasteiger partial charge in [-0.25, -0.2) is 13.1 Å². The van der Waals surface area contributed by atoms with Crippen LogP contribution in [-0.2, 0) is 25.8 Å². The summed E-state index contributed by atoms with van der Waals surface area (Å²) in [5.41, 5.74) is 1.82. The van der Waals surface area contributed by atoms with Crippen molar-refractivity contribution in [2.75, 3.05) is 6.54 Å². The molecule has 0 amide bonds. The second-order valence-electron chi connectivity index (χ2n) is 5.73. The SMILES string of the molecule is C=C1OB(c2ccc(CCNS(=O)(=O)c3ccccc3Cl)cc2)OC1=C. The molecule has 1 N–H and O–H groups in total. The van der Waals surface area contributed by atoms with Gasteiger partial charge in [0, 0.05) is 12.0 Å². The molecule has 0 aliphatic carbocycles. The van der Waals surface area contributed by atoms with E-state index in [1.165, 1.54) is 6.07 Å². The van der Waals surface area contributed by atoms with Gasteiger partial charge in [-0.3, -0.25) is 0 Å². The molecule has 1 saturated heterocycles. The second-order valence-corrected chi connectivity index (χ2v) is 7.88. The zero-order valence-electron chi connectivity index (χ0n) is 13.9. The van der Waals surface area contributed by atoms with Gasteiger partial charge in [-0.2, -0.15) is 0 Å². The normalized spacial score (nSPS) is 14.3. The lowest BCUT2D eigenvalue weighted by atomic mass is 9.79. The number of hydrogen-bond donors (Lipinski definition) is 1. The first-order chi connectivity index (χ1) is 12.4. The summed E-state index contributed by atoms with van der Waals surface area (Å²) < 4.78 is 38.1. The Hall–Kier alpha value is -2.22. The summed E-state index contributed by atoms with van der Waals surface area (Å²) in [6.45, 7) is 7.66. The molecule has 0 saturated carbocycles. The van der Waals surface area contributed by atoms with Crippen molar-refractivity contribution in [3.63, 3.8) is 0 Å². The summed E-state index contributed by atoms with van der Waals surface area (Å²) in [6.07, 6.45) is 0.537. The van der Waals surface area contributed by atoms with E-state index in [-0.39, 0.29) is 16.5 Å². The van der Waals surface area contributed by atoms with E-state index in [2.05, 4.69) is 17.9 Å². The van der Waals surface area contributed by atoms with Crippen molar-refractivity contribution < 1.29 is 17.7 Å². The Bertz CT molecular complexity index is 928. The number of rotatable bonds is 6. The lowest BCUT2D eigenvalue weighted by molar-refractivity contribution is 0.431. The van der Waals surface area contributed by atoms with Gasteiger partial charge in [-0.05, 0) is 24.1 Å². The van der Waals surface area contributed by atoms with Crippen LogP contribution in [0.4, 0.5) is 0 Å². The summed E-state index contributed by atoms with van der Waals surface area (Å²) in [4.78, 5) is 0.0769. The molecule has 2 aromatic rings. The third-order valence-corrected chi connectivity index (χ3v) is 5.85. The van der Waals surface area contributed by atoms with Gasteiger partial charge in [-0.1, -0.05) is 61.2 Å². The topological polar surface area (TPSA) is 64.6 Å². The predicted octanol–water partition coefficient (Wildman–Crippen LogP) is 2.63. The first-order valence-corrected chi connectivity index (χ1v) is 9.77. The number of halogens is 1. The zero-order valence-corrected chi connectivity index (χ0v) is 15.5. The minimum atomic E-state index is -3.64. The van der Waals surface area contributed by atoms with Gasteiger partial charge in [0.2, 0.25) is 10.0 Å². The highest BCUT2D eigenvalue weighted by molar-refractivity contribution is 7.89. The fourth-order valence-electron chi connectivity index (χ4n) is 2.46. The Morgan fingerprint density at radius 2 is 1.62 bits per heavy atom. The average Bonchev–Trinajstić information content (AvgIpc) is 2.94. The van der Waals surface area contributed by atoms with Crippen molar-refractivity contribution >= 4 is 34.2 Å². The van der Waals surface area contributed by atoms with E-state index in [0.717, 1.165) is 11.0 Å². The minimum absolute atomic E-state index is 0.0769. The highest BCUT2D eigenvalue weighted by Crippen LogP contribution is 2.21. The largest absolute Gasteiger partial charge is 0.632 e. The molecule has 2 aromatic carbocycles. The monoisotopic (exact) mass is 389 g/mol. The highest BCUT2D eigenvalue weighted by atomic mass is 35.5. The fourth-order valence-corrected chi connectivity index (χ4v) is 4.01. The van der Waals surface area contributed by atoms with Gasteiger partial charge in [0.25, 0.3) is 0 Å². The van der Waals surface area contributed by atoms with Crippen LogP contribution in [0.3, 0.4) is 0 Å². The van der Waals surface area contributed by atoms with Gasteiger partial charge in [-0.15, -0.1) is 0 Å². The summed E-state index contributed by atoms with van der Waals surface area (Å²) in [5, 5.41) is 0.198. The molecule has 0 bridgehead atoms. The lowest BCUT2D eigenvalue weighted by Gasteiger charge is -2.09. The quantitative estimate of drug-likeness (QED) is 0.771. The molecule has 1 aliphatic rings. The van der Waals surface area contributed by atoms with Gasteiger partial charge >= 0.3 is 7.12 Å². The van der Waals surface area contributed by atoms with Crippen molar-refractivity contribution in [2.24, 2.45) is 0 Å². The maximum Gasteiger partial charge on any atom is 0.632 e. The second kappa shape index (κ2) is 7.57. The van der Waals surface area contributed by atoms with Crippen LogP contribution in [0.5, 0.6) is 0 Å². The lowest BCUT2D eigenvalue weighted by Crippen LogP contribution is -2.31. The predicted molar refractivity (Wildman–Crippen MR) is 103 cm³/mol. The van der Waals surface area contributed by atoms with E-state index in [9.17, 15) is 8.42 Å². The van der Waals surface area contributed by atoms with E-state index in [1.54, 1.807) is 18.2 Å². The molecule has 134 valence electrons. The fraction of sp³-hybridized carbons (Fsp3) is 0.111. The Kier molecular flexibility index (Phi) is 5.41. The Labute approximate surface area is 158 Å². The van der Waals surface area contributed by atoms with Crippen LogP contribution < -0.4 is 10.2 Å². The third kappa shape index (κ3) is 4.12. The van der Waals surface area contributed by atoms with Crippen molar-refractivity contribution in [3.05, 3.63) is 83.8 Å². The van der Waals surface area contributed by atoms with Crippen LogP contribution in [0.2, 0.25) is 5.02 Å². The van der Waals surface area contributed by atoms with Gasteiger partial charge < -0.3 is 9.31 Å². The van der Waals surface area contributed by atoms with E-state index in [1.807, 2.05) is 24.3 Å². The molecule has 0 aromatic heterocycles. The number of hydrogen-bond acceptors (Lipinski definition) is 4. The Morgan fingerprint density at radius 1 is 1.00 bits per heavy atom. The van der Waals surface area contributed by atoms with Crippen molar-refractivity contribution in [1.29, 1.82) is 0 Å². The molecule has 8 heteroatoms. The van der Waals surface area contributed by atoms with Gasteiger partial charge in [0.05, 0.1) is 5.02 Å². The third-order valence-electron chi connectivity index (χ3n) is 3.89. The smallest absolute Gasteiger partial charge is 0.520 e. The molecular weight excluding hydrogens is 373 g/mol. The van der Waals surface area contributed by atoms with Crippen LogP contribution in [0.15, 0.2) is 78.1 Å². The average molecular weight is 390 g/mol. The number of benzene rings is 2. The zero-order chi connectivity index (χ0) is 18.7. The van der Waals surface area contributed by atoms with Gasteiger partial charge in [0.15, 0.2) is 0 Å². The van der Waals surface area contributed by atoms with Gasteiger partial charge in [0.1, 0.15) is 16.4 Å². The Morgan fingerprint density at radius 3 is 2.23 bits per heavy atom. The first kappa shape index (κ1) is 18.6. The van der Waals surface area contributed by atoms with Crippen LogP contribution in [0.25, 0.3) is 0 Å². The van der Waals surface area contributed by atoms with Crippen molar-refractivity contribution in [3.8, 4) is 0 Å². The summed E-state index contributed by atoms with van der Waals surface area (Å²) >= 11 is 5.95. The highest BCUT2D eigenvalue weighted by Gasteiger charge is 2.34. The van der Waals surface area contributed by atoms with Crippen LogP contribution in [-0.4, -0.2) is 22.1 Å². The van der Waals surface area contributed by atoms with E-state index in [4.69, 9.17) is 20.9 Å². The minimum Gasteiger partial charge on any atom is -0.520 e. The van der Waals surface area contributed by atoms with Crippen molar-refractivity contribution in [2.45, 2.75) is 11.3 Å². The molecular formula is C18H17BClNO4S. The summed E-state index contributed by atoms with van der Waals surface area (Å²) in [6, 6.07) is 13.9. The Balaban J connectivity index is 1.58. The molecule has 1 aliphatic heterocycles. The molecule has 5 nitrogen and oxygen atoms in total. The van der Waals surface area contributed by atoms with Crippen LogP contribution in [0.1, 0.15) is 5.56 Å². The standard InChI is InChI=1S/C18H17BClNO4S/c1-13-14(2)25-19(24-13)16-9-7-15(8-10-16)11-12-21-26(22,23)18-6-4-3-5-17(18)20/h3-10,21H,1-2,11-12H2. The molecule has 0 radical (unpaired) electrons. The number of nitrogens with one attached hydrogen (secondary N) is 1. The first-order valence-electron chi connectivity index (χ1n) is 7.91. The summed E-state index contributed by atoms with van der Waals surface area (Å²) in [5.74, 6) is 0.848. The molecule has 26 heavy (non-hydrogen) atoms. The van der Waals surface area contributed by atoms with E-state index < -0.39 is 17.1 Å². The molecule has 1 fully saturated rings. The van der Waals surface area contributed by atoms with Crippen molar-refractivity contribution in [1.82, 2.24) is 4.72 Å². The van der Waals surface area contributed by atoms with E-state index >= 15 is 0 Å². The summed E-state index contributed by atoms with van der Waals surface area (Å²) in [7, 11) is -4.18. The molecule has 0 atom stereocenters. The van der Waals surface area contributed by atoms with Crippen LogP contribution in [0, 0.1) is 0 Å². The maximum atomic E-state index is 12.3. The molecule has 3 rings (SSSR count). The number of sulfonamides is 1. The molecule has 1 heterocycles. The maximum absolute atomic E-state index is 12.3.